The molecular weight excluding hydrogens is 223 g/mol. The summed E-state index contributed by atoms with van der Waals surface area (Å²) in [5, 5.41) is 0. The SMILES string of the molecule is CCOC(=O)/C=C/COc1ccc(F)c(C)c1. The van der Waals surface area contributed by atoms with Gasteiger partial charge in [0.1, 0.15) is 18.2 Å². The van der Waals surface area contributed by atoms with Crippen LogP contribution in [0.25, 0.3) is 0 Å². The lowest BCUT2D eigenvalue weighted by molar-refractivity contribution is -0.137. The van der Waals surface area contributed by atoms with Gasteiger partial charge >= 0.3 is 5.97 Å². The maximum Gasteiger partial charge on any atom is 0.330 e. The Morgan fingerprint density at radius 1 is 1.47 bits per heavy atom. The predicted octanol–water partition coefficient (Wildman–Crippen LogP) is 2.63. The third-order valence-corrected chi connectivity index (χ3v) is 2.02. The van der Waals surface area contributed by atoms with Gasteiger partial charge in [0.15, 0.2) is 0 Å². The average molecular weight is 238 g/mol. The molecule has 1 aromatic carbocycles. The minimum Gasteiger partial charge on any atom is -0.490 e. The molecule has 0 radical (unpaired) electrons. The van der Waals surface area contributed by atoms with Gasteiger partial charge in [-0.3, -0.25) is 0 Å². The first kappa shape index (κ1) is 13.2. The number of halogens is 1. The van der Waals surface area contributed by atoms with E-state index in [0.29, 0.717) is 17.9 Å². The maximum atomic E-state index is 12.9. The van der Waals surface area contributed by atoms with Crippen molar-refractivity contribution in [2.75, 3.05) is 13.2 Å². The molecule has 1 aromatic rings. The van der Waals surface area contributed by atoms with Gasteiger partial charge in [0.05, 0.1) is 6.61 Å². The molecule has 0 heterocycles. The van der Waals surface area contributed by atoms with Gasteiger partial charge in [-0.25, -0.2) is 9.18 Å². The van der Waals surface area contributed by atoms with Crippen LogP contribution in [0.15, 0.2) is 30.4 Å². The molecule has 0 amide bonds. The summed E-state index contributed by atoms with van der Waals surface area (Å²) < 4.78 is 23.0. The molecule has 17 heavy (non-hydrogen) atoms. The molecule has 0 aliphatic rings. The number of hydrogen-bond acceptors (Lipinski definition) is 3. The number of carbonyl (C=O) groups is 1. The lowest BCUT2D eigenvalue weighted by Gasteiger charge is -2.04. The zero-order valence-electron chi connectivity index (χ0n) is 9.90. The number of benzene rings is 1. The number of ether oxygens (including phenoxy) is 2. The first-order valence-corrected chi connectivity index (χ1v) is 5.35. The molecule has 92 valence electrons. The standard InChI is InChI=1S/C13H15FO3/c1-3-16-13(15)5-4-8-17-11-6-7-12(14)10(2)9-11/h4-7,9H,3,8H2,1-2H3/b5-4+. The van der Waals surface area contributed by atoms with E-state index in [4.69, 9.17) is 9.47 Å². The molecule has 3 nitrogen and oxygen atoms in total. The Labute approximate surface area is 99.9 Å². The molecule has 0 fully saturated rings. The normalized spacial score (nSPS) is 10.5. The second-order valence-electron chi connectivity index (χ2n) is 3.38. The van der Waals surface area contributed by atoms with E-state index in [1.165, 1.54) is 12.1 Å². The van der Waals surface area contributed by atoms with Gasteiger partial charge in [0.2, 0.25) is 0 Å². The summed E-state index contributed by atoms with van der Waals surface area (Å²) in [5.41, 5.74) is 0.525. The van der Waals surface area contributed by atoms with Crippen LogP contribution < -0.4 is 4.74 Å². The maximum absolute atomic E-state index is 12.9. The van der Waals surface area contributed by atoms with Crippen LogP contribution >= 0.6 is 0 Å². The Morgan fingerprint density at radius 3 is 2.88 bits per heavy atom. The first-order valence-electron chi connectivity index (χ1n) is 5.35. The highest BCUT2D eigenvalue weighted by Crippen LogP contribution is 2.15. The zero-order valence-corrected chi connectivity index (χ0v) is 9.90. The van der Waals surface area contributed by atoms with Crippen molar-refractivity contribution in [2.24, 2.45) is 0 Å². The minimum atomic E-state index is -0.397. The van der Waals surface area contributed by atoms with Crippen LogP contribution in [-0.2, 0) is 9.53 Å². The van der Waals surface area contributed by atoms with Crippen LogP contribution in [0.4, 0.5) is 4.39 Å². The monoisotopic (exact) mass is 238 g/mol. The van der Waals surface area contributed by atoms with Crippen molar-refractivity contribution in [2.45, 2.75) is 13.8 Å². The van der Waals surface area contributed by atoms with E-state index in [1.807, 2.05) is 0 Å². The highest BCUT2D eigenvalue weighted by Gasteiger charge is 1.99. The van der Waals surface area contributed by atoms with Crippen molar-refractivity contribution in [1.82, 2.24) is 0 Å². The molecule has 0 bridgehead atoms. The van der Waals surface area contributed by atoms with E-state index in [-0.39, 0.29) is 12.4 Å². The van der Waals surface area contributed by atoms with E-state index in [9.17, 15) is 9.18 Å². The number of esters is 1. The minimum absolute atomic E-state index is 0.240. The number of hydrogen-bond donors (Lipinski definition) is 0. The highest BCUT2D eigenvalue weighted by molar-refractivity contribution is 5.81. The average Bonchev–Trinajstić information content (AvgIpc) is 2.29. The third kappa shape index (κ3) is 4.68. The van der Waals surface area contributed by atoms with E-state index in [2.05, 4.69) is 0 Å². The van der Waals surface area contributed by atoms with Crippen LogP contribution in [-0.4, -0.2) is 19.2 Å². The van der Waals surface area contributed by atoms with Crippen molar-refractivity contribution in [1.29, 1.82) is 0 Å². The molecule has 0 unspecified atom stereocenters. The van der Waals surface area contributed by atoms with Crippen LogP contribution in [0, 0.1) is 12.7 Å². The van der Waals surface area contributed by atoms with Gasteiger partial charge in [-0.15, -0.1) is 0 Å². The van der Waals surface area contributed by atoms with Crippen molar-refractivity contribution >= 4 is 5.97 Å². The largest absolute Gasteiger partial charge is 0.490 e. The van der Waals surface area contributed by atoms with Gasteiger partial charge in [0.25, 0.3) is 0 Å². The number of aryl methyl sites for hydroxylation is 1. The summed E-state index contributed by atoms with van der Waals surface area (Å²) in [5.74, 6) is -0.0942. The fourth-order valence-corrected chi connectivity index (χ4v) is 1.19. The van der Waals surface area contributed by atoms with Gasteiger partial charge in [0, 0.05) is 6.08 Å². The van der Waals surface area contributed by atoms with Gasteiger partial charge in [-0.05, 0) is 43.7 Å². The second-order valence-corrected chi connectivity index (χ2v) is 3.38. The number of carbonyl (C=O) groups excluding carboxylic acids is 1. The molecule has 1 rings (SSSR count). The summed E-state index contributed by atoms with van der Waals surface area (Å²) in [7, 11) is 0. The molecule has 0 spiro atoms. The molecule has 0 atom stereocenters. The zero-order chi connectivity index (χ0) is 12.7. The first-order chi connectivity index (χ1) is 8.13. The molecule has 0 N–H and O–H groups in total. The van der Waals surface area contributed by atoms with Crippen LogP contribution in [0.2, 0.25) is 0 Å². The van der Waals surface area contributed by atoms with Crippen LogP contribution in [0.3, 0.4) is 0 Å². The van der Waals surface area contributed by atoms with E-state index >= 15 is 0 Å². The molecule has 4 heteroatoms. The summed E-state index contributed by atoms with van der Waals surface area (Å²) in [6.07, 6.45) is 2.86. The quantitative estimate of drug-likeness (QED) is 0.584. The predicted molar refractivity (Wildman–Crippen MR) is 62.4 cm³/mol. The van der Waals surface area contributed by atoms with Crippen molar-refractivity contribution in [3.63, 3.8) is 0 Å². The molecular formula is C13H15FO3. The van der Waals surface area contributed by atoms with E-state index in [1.54, 1.807) is 32.1 Å². The summed E-state index contributed by atoms with van der Waals surface area (Å²) in [4.78, 5) is 10.9. The van der Waals surface area contributed by atoms with Gasteiger partial charge in [-0.1, -0.05) is 0 Å². The molecule has 0 aliphatic carbocycles. The fourth-order valence-electron chi connectivity index (χ4n) is 1.19. The van der Waals surface area contributed by atoms with Crippen molar-refractivity contribution in [3.05, 3.63) is 41.7 Å². The smallest absolute Gasteiger partial charge is 0.330 e. The Kier molecular flexibility index (Phi) is 5.20. The second kappa shape index (κ2) is 6.68. The molecule has 0 saturated carbocycles. The van der Waals surface area contributed by atoms with Gasteiger partial charge < -0.3 is 9.47 Å². The summed E-state index contributed by atoms with van der Waals surface area (Å²) >= 11 is 0. The Morgan fingerprint density at radius 2 is 2.24 bits per heavy atom. The van der Waals surface area contributed by atoms with Gasteiger partial charge in [-0.2, -0.15) is 0 Å². The van der Waals surface area contributed by atoms with E-state index < -0.39 is 5.97 Å². The Hall–Kier alpha value is -1.84. The Bertz CT molecular complexity index is 413. The van der Waals surface area contributed by atoms with Crippen molar-refractivity contribution < 1.29 is 18.7 Å². The topological polar surface area (TPSA) is 35.5 Å². The lowest BCUT2D eigenvalue weighted by atomic mass is 10.2. The van der Waals surface area contributed by atoms with Crippen LogP contribution in [0.5, 0.6) is 5.75 Å². The molecule has 0 aromatic heterocycles. The Balaban J connectivity index is 2.40. The lowest BCUT2D eigenvalue weighted by Crippen LogP contribution is -2.01. The fraction of sp³-hybridized carbons (Fsp3) is 0.308. The molecule has 0 saturated heterocycles. The van der Waals surface area contributed by atoms with Crippen LogP contribution in [0.1, 0.15) is 12.5 Å². The highest BCUT2D eigenvalue weighted by atomic mass is 19.1. The summed E-state index contributed by atoms with van der Waals surface area (Å²) in [6, 6.07) is 4.49. The number of rotatable bonds is 5. The third-order valence-electron chi connectivity index (χ3n) is 2.02. The molecule has 0 aliphatic heterocycles. The summed E-state index contributed by atoms with van der Waals surface area (Å²) in [6.45, 7) is 3.99. The van der Waals surface area contributed by atoms with E-state index in [0.717, 1.165) is 0 Å². The van der Waals surface area contributed by atoms with Crippen molar-refractivity contribution in [3.8, 4) is 5.75 Å².